The van der Waals surface area contributed by atoms with Crippen molar-refractivity contribution in [3.8, 4) is 11.1 Å². The van der Waals surface area contributed by atoms with E-state index in [1.807, 2.05) is 86.0 Å². The van der Waals surface area contributed by atoms with Gasteiger partial charge in [-0.15, -0.1) is 38.1 Å². The van der Waals surface area contributed by atoms with Gasteiger partial charge in [0.1, 0.15) is 0 Å². The van der Waals surface area contributed by atoms with Gasteiger partial charge in [-0.1, -0.05) is 115 Å². The van der Waals surface area contributed by atoms with Crippen molar-refractivity contribution in [1.82, 2.24) is 25.5 Å². The summed E-state index contributed by atoms with van der Waals surface area (Å²) < 4.78 is 28.2. The number of unbranched alkanes of at least 4 members (excludes halogenated alkanes) is 1. The zero-order chi connectivity index (χ0) is 39.8. The fourth-order valence-electron chi connectivity index (χ4n) is 7.02. The molecule has 0 radical (unpaired) electrons. The number of carbonyl (C=O) groups is 1. The predicted octanol–water partition coefficient (Wildman–Crippen LogP) is 9.25. The highest BCUT2D eigenvalue weighted by atomic mass is 32.2. The second-order valence-electron chi connectivity index (χ2n) is 13.3. The number of hydrogen-bond donors (Lipinski definition) is 3. The van der Waals surface area contributed by atoms with Gasteiger partial charge in [0.15, 0.2) is 11.4 Å². The van der Waals surface area contributed by atoms with Crippen LogP contribution in [0.25, 0.3) is 11.1 Å². The first-order valence-electron chi connectivity index (χ1n) is 18.4. The van der Waals surface area contributed by atoms with Crippen LogP contribution in [0.2, 0.25) is 0 Å². The van der Waals surface area contributed by atoms with E-state index in [0.717, 1.165) is 40.5 Å². The quantitative estimate of drug-likeness (QED) is 0.0406. The SMILES string of the molecule is CSc1sc(C=N)cc1S(=O)(=O)c1cccc(-c2c(C)cccc2NC(=O)NCCCCc2nnn(C(c3ccccc3)(c3ccccc3)c3ccccc3)n2)c1. The Kier molecular flexibility index (Phi) is 12.1. The average Bonchev–Trinajstić information content (AvgIpc) is 3.91. The number of nitrogens with one attached hydrogen (secondary N) is 3. The third kappa shape index (κ3) is 8.18. The molecule has 0 bridgehead atoms. The van der Waals surface area contributed by atoms with Gasteiger partial charge in [0.2, 0.25) is 9.84 Å². The lowest BCUT2D eigenvalue weighted by Gasteiger charge is -2.34. The molecule has 0 aliphatic carbocycles. The summed E-state index contributed by atoms with van der Waals surface area (Å²) in [5.74, 6) is 0.610. The summed E-state index contributed by atoms with van der Waals surface area (Å²) in [6, 6.07) is 44.1. The van der Waals surface area contributed by atoms with Crippen LogP contribution in [0.1, 0.15) is 45.8 Å². The molecule has 0 fully saturated rings. The Bertz CT molecular complexity index is 2500. The van der Waals surface area contributed by atoms with Crippen LogP contribution in [0.5, 0.6) is 0 Å². The molecule has 57 heavy (non-hydrogen) atoms. The van der Waals surface area contributed by atoms with E-state index < -0.39 is 15.4 Å². The lowest BCUT2D eigenvalue weighted by molar-refractivity contribution is 0.252. The number of amides is 2. The Hall–Kier alpha value is -5.89. The van der Waals surface area contributed by atoms with Gasteiger partial charge in [-0.3, -0.25) is 0 Å². The van der Waals surface area contributed by atoms with Gasteiger partial charge in [-0.2, -0.15) is 0 Å². The number of carbonyl (C=O) groups excluding carboxylic acids is 1. The first-order chi connectivity index (χ1) is 27.7. The van der Waals surface area contributed by atoms with Crippen molar-refractivity contribution >= 4 is 50.9 Å². The summed E-state index contributed by atoms with van der Waals surface area (Å²) in [5.41, 5.74) is 5.03. The third-order valence-corrected chi connectivity index (χ3v) is 14.0. The average molecular weight is 812 g/mol. The number of tetrazole rings is 1. The lowest BCUT2D eigenvalue weighted by atomic mass is 9.77. The van der Waals surface area contributed by atoms with Gasteiger partial charge in [0, 0.05) is 29.6 Å². The second kappa shape index (κ2) is 17.5. The second-order valence-corrected chi connectivity index (χ2v) is 17.4. The number of aryl methyl sites for hydroxylation is 2. The molecule has 0 aliphatic heterocycles. The van der Waals surface area contributed by atoms with E-state index >= 15 is 0 Å². The first kappa shape index (κ1) is 39.3. The van der Waals surface area contributed by atoms with Crippen molar-refractivity contribution < 1.29 is 13.2 Å². The normalized spacial score (nSPS) is 11.6. The number of hydrogen-bond acceptors (Lipinski definition) is 9. The number of benzene rings is 5. The number of thioether (sulfide) groups is 1. The van der Waals surface area contributed by atoms with Gasteiger partial charge in [0.05, 0.1) is 19.7 Å². The summed E-state index contributed by atoms with van der Waals surface area (Å²) in [6.45, 7) is 2.35. The number of urea groups is 1. The van der Waals surface area contributed by atoms with Crippen LogP contribution in [0.4, 0.5) is 10.5 Å². The Morgan fingerprint density at radius 3 is 2.09 bits per heavy atom. The summed E-state index contributed by atoms with van der Waals surface area (Å²) in [4.78, 5) is 15.8. The van der Waals surface area contributed by atoms with Crippen molar-refractivity contribution in [3.05, 3.63) is 172 Å². The van der Waals surface area contributed by atoms with Crippen LogP contribution in [0.3, 0.4) is 0 Å². The molecule has 7 rings (SSSR count). The molecule has 5 aromatic carbocycles. The Labute approximate surface area is 340 Å². The third-order valence-electron chi connectivity index (χ3n) is 9.70. The van der Waals surface area contributed by atoms with Crippen LogP contribution in [-0.4, -0.2) is 53.7 Å². The van der Waals surface area contributed by atoms with E-state index in [0.29, 0.717) is 45.5 Å². The molecule has 13 heteroatoms. The van der Waals surface area contributed by atoms with E-state index in [9.17, 15) is 13.2 Å². The number of sulfone groups is 1. The van der Waals surface area contributed by atoms with E-state index in [1.54, 1.807) is 35.1 Å². The molecule has 0 saturated heterocycles. The maximum Gasteiger partial charge on any atom is 0.319 e. The van der Waals surface area contributed by atoms with E-state index in [2.05, 4.69) is 57.3 Å². The molecular weight excluding hydrogens is 771 g/mol. The molecule has 7 aromatic rings. The smallest absolute Gasteiger partial charge is 0.319 e. The van der Waals surface area contributed by atoms with Crippen LogP contribution >= 0.6 is 23.1 Å². The number of anilines is 1. The monoisotopic (exact) mass is 811 g/mol. The van der Waals surface area contributed by atoms with Crippen molar-refractivity contribution in [3.63, 3.8) is 0 Å². The maximum absolute atomic E-state index is 13.8. The minimum absolute atomic E-state index is 0.142. The number of aromatic nitrogens is 4. The van der Waals surface area contributed by atoms with Crippen LogP contribution in [0.15, 0.2) is 154 Å². The van der Waals surface area contributed by atoms with Crippen LogP contribution in [-0.2, 0) is 21.8 Å². The molecule has 3 N–H and O–H groups in total. The zero-order valence-corrected chi connectivity index (χ0v) is 33.9. The predicted molar refractivity (Wildman–Crippen MR) is 228 cm³/mol. The zero-order valence-electron chi connectivity index (χ0n) is 31.4. The lowest BCUT2D eigenvalue weighted by Crippen LogP contribution is -2.39. The highest BCUT2D eigenvalue weighted by molar-refractivity contribution is 8.01. The molecule has 0 aliphatic rings. The Morgan fingerprint density at radius 1 is 0.842 bits per heavy atom. The topological polar surface area (TPSA) is 143 Å². The summed E-state index contributed by atoms with van der Waals surface area (Å²) in [5, 5.41) is 27.6. The number of rotatable bonds is 15. The minimum atomic E-state index is -3.86. The van der Waals surface area contributed by atoms with Crippen molar-refractivity contribution in [2.75, 3.05) is 18.1 Å². The van der Waals surface area contributed by atoms with Gasteiger partial charge >= 0.3 is 6.03 Å². The maximum atomic E-state index is 13.8. The van der Waals surface area contributed by atoms with Gasteiger partial charge in [-0.05, 0) is 83.3 Å². The number of thiophene rings is 1. The van der Waals surface area contributed by atoms with Crippen molar-refractivity contribution in [2.45, 2.75) is 45.7 Å². The molecule has 0 spiro atoms. The van der Waals surface area contributed by atoms with Gasteiger partial charge < -0.3 is 16.0 Å². The van der Waals surface area contributed by atoms with Gasteiger partial charge in [0.25, 0.3) is 0 Å². The highest BCUT2D eigenvalue weighted by Gasteiger charge is 2.41. The molecule has 0 unspecified atom stereocenters. The largest absolute Gasteiger partial charge is 0.338 e. The van der Waals surface area contributed by atoms with E-state index in [1.165, 1.54) is 23.1 Å². The van der Waals surface area contributed by atoms with E-state index in [-0.39, 0.29) is 15.8 Å². The van der Waals surface area contributed by atoms with E-state index in [4.69, 9.17) is 10.5 Å². The van der Waals surface area contributed by atoms with Crippen molar-refractivity contribution in [1.29, 1.82) is 5.41 Å². The Morgan fingerprint density at radius 2 is 1.47 bits per heavy atom. The highest BCUT2D eigenvalue weighted by Crippen LogP contribution is 2.40. The molecule has 2 heterocycles. The molecule has 2 amide bonds. The standard InChI is InChI=1S/C44H41N7O3S3/c1-31-16-14-25-38(41(31)32-17-15-24-37(28-32)57(53,54)39-29-36(30-45)56-42(39)55-2)47-43(52)46-27-13-12-26-40-48-50-51(49-40)44(33-18-6-3-7-19-33,34-20-8-4-9-21-34)35-22-10-5-11-23-35/h3-11,14-25,28-30,45H,12-13,26-27H2,1-2H3,(H2,46,47,52). The minimum Gasteiger partial charge on any atom is -0.338 e. The number of nitrogens with zero attached hydrogens (tertiary/aromatic N) is 4. The fraction of sp³-hybridized carbons (Fsp3) is 0.159. The first-order valence-corrected chi connectivity index (χ1v) is 21.9. The summed E-state index contributed by atoms with van der Waals surface area (Å²) in [6.07, 6.45) is 4.97. The van der Waals surface area contributed by atoms with Crippen LogP contribution < -0.4 is 10.6 Å². The van der Waals surface area contributed by atoms with Crippen LogP contribution in [0, 0.1) is 12.3 Å². The molecule has 2 aromatic heterocycles. The molecular formula is C44H41N7O3S3. The summed E-state index contributed by atoms with van der Waals surface area (Å²) in [7, 11) is -3.86. The molecule has 0 saturated carbocycles. The Balaban J connectivity index is 1.02. The molecule has 288 valence electrons. The fourth-order valence-corrected chi connectivity index (χ4v) is 10.9. The molecule has 0 atom stereocenters. The van der Waals surface area contributed by atoms with Gasteiger partial charge in [-0.25, -0.2) is 13.2 Å². The van der Waals surface area contributed by atoms with Crippen molar-refractivity contribution in [2.24, 2.45) is 0 Å². The summed E-state index contributed by atoms with van der Waals surface area (Å²) >= 11 is 2.62. The molecule has 10 nitrogen and oxygen atoms in total.